The van der Waals surface area contributed by atoms with Gasteiger partial charge in [-0.25, -0.2) is 0 Å². The van der Waals surface area contributed by atoms with Crippen LogP contribution in [0.15, 0.2) is 71.6 Å². The zero-order valence-corrected chi connectivity index (χ0v) is 19.2. The number of hydrogen-bond acceptors (Lipinski definition) is 3. The van der Waals surface area contributed by atoms with Gasteiger partial charge in [-0.05, 0) is 67.9 Å². The van der Waals surface area contributed by atoms with Gasteiger partial charge in [-0.15, -0.1) is 11.8 Å². The number of alkyl halides is 3. The van der Waals surface area contributed by atoms with E-state index >= 15 is 0 Å². The molecule has 3 aromatic carbocycles. The second kappa shape index (κ2) is 10.3. The number of carbonyl (C=O) groups excluding carboxylic acids is 2. The molecule has 3 aromatic rings. The van der Waals surface area contributed by atoms with Crippen molar-refractivity contribution in [3.05, 3.63) is 88.4 Å². The molecule has 0 heterocycles. The minimum absolute atomic E-state index is 0.0719. The van der Waals surface area contributed by atoms with E-state index in [1.165, 1.54) is 17.8 Å². The monoisotopic (exact) mass is 492 g/mol. The van der Waals surface area contributed by atoms with Gasteiger partial charge in [0, 0.05) is 21.2 Å². The van der Waals surface area contributed by atoms with Crippen molar-refractivity contribution in [3.63, 3.8) is 0 Å². The van der Waals surface area contributed by atoms with Gasteiger partial charge in [-0.2, -0.15) is 13.2 Å². The Bertz CT molecular complexity index is 1170. The highest BCUT2D eigenvalue weighted by Gasteiger charge is 2.34. The predicted molar refractivity (Wildman–Crippen MR) is 126 cm³/mol. The van der Waals surface area contributed by atoms with Gasteiger partial charge in [-0.1, -0.05) is 29.8 Å². The normalized spacial score (nSPS) is 12.2. The molecule has 4 nitrogen and oxygen atoms in total. The first-order valence-electron chi connectivity index (χ1n) is 9.86. The summed E-state index contributed by atoms with van der Waals surface area (Å²) in [6.07, 6.45) is -4.65. The molecule has 0 spiro atoms. The van der Waals surface area contributed by atoms with Crippen molar-refractivity contribution in [2.75, 3.05) is 10.6 Å². The zero-order chi connectivity index (χ0) is 24.2. The van der Waals surface area contributed by atoms with E-state index < -0.39 is 22.9 Å². The molecule has 33 heavy (non-hydrogen) atoms. The topological polar surface area (TPSA) is 58.2 Å². The number of hydrogen-bond donors (Lipinski definition) is 2. The Hall–Kier alpha value is -2.97. The van der Waals surface area contributed by atoms with E-state index in [1.807, 2.05) is 19.1 Å². The molecular weight excluding hydrogens is 473 g/mol. The van der Waals surface area contributed by atoms with Crippen LogP contribution in [0.25, 0.3) is 0 Å². The van der Waals surface area contributed by atoms with Gasteiger partial charge in [0.05, 0.1) is 16.5 Å². The van der Waals surface area contributed by atoms with Gasteiger partial charge in [0.25, 0.3) is 5.91 Å². The summed E-state index contributed by atoms with van der Waals surface area (Å²) in [5, 5.41) is 4.40. The molecule has 2 amide bonds. The van der Waals surface area contributed by atoms with Crippen LogP contribution < -0.4 is 10.6 Å². The first-order chi connectivity index (χ1) is 15.5. The van der Waals surface area contributed by atoms with E-state index in [0.717, 1.165) is 22.6 Å². The van der Waals surface area contributed by atoms with Gasteiger partial charge in [0.2, 0.25) is 5.91 Å². The molecule has 0 saturated heterocycles. The van der Waals surface area contributed by atoms with E-state index in [4.69, 9.17) is 11.6 Å². The summed E-state index contributed by atoms with van der Waals surface area (Å²) < 4.78 is 39.7. The maximum absolute atomic E-state index is 13.2. The molecule has 2 N–H and O–H groups in total. The third-order valence-corrected chi connectivity index (χ3v) is 6.08. The summed E-state index contributed by atoms with van der Waals surface area (Å²) in [7, 11) is 0. The summed E-state index contributed by atoms with van der Waals surface area (Å²) in [4.78, 5) is 25.6. The van der Waals surface area contributed by atoms with Crippen LogP contribution in [-0.4, -0.2) is 17.1 Å². The molecule has 0 bridgehead atoms. The highest BCUT2D eigenvalue weighted by atomic mass is 35.5. The van der Waals surface area contributed by atoms with Crippen molar-refractivity contribution >= 4 is 46.6 Å². The lowest BCUT2D eigenvalue weighted by Gasteiger charge is -2.17. The van der Waals surface area contributed by atoms with Crippen LogP contribution in [0.5, 0.6) is 0 Å². The molecule has 0 saturated carbocycles. The number of rotatable bonds is 6. The van der Waals surface area contributed by atoms with Crippen molar-refractivity contribution in [2.45, 2.75) is 30.2 Å². The quantitative estimate of drug-likeness (QED) is 0.363. The van der Waals surface area contributed by atoms with Crippen molar-refractivity contribution in [1.82, 2.24) is 0 Å². The highest BCUT2D eigenvalue weighted by Crippen LogP contribution is 2.37. The van der Waals surface area contributed by atoms with Gasteiger partial charge in [0.15, 0.2) is 0 Å². The fraction of sp³-hybridized carbons (Fsp3) is 0.167. The average molecular weight is 493 g/mol. The number of aryl methyl sites for hydroxylation is 1. The third-order valence-electron chi connectivity index (χ3n) is 4.73. The summed E-state index contributed by atoms with van der Waals surface area (Å²) in [6, 6.07) is 17.3. The van der Waals surface area contributed by atoms with Crippen molar-refractivity contribution in [2.24, 2.45) is 0 Å². The number of carbonyl (C=O) groups is 2. The minimum atomic E-state index is -4.65. The first kappa shape index (κ1) is 24.7. The van der Waals surface area contributed by atoms with Crippen LogP contribution in [0, 0.1) is 6.92 Å². The van der Waals surface area contributed by atoms with Gasteiger partial charge in [-0.3, -0.25) is 9.59 Å². The fourth-order valence-electron chi connectivity index (χ4n) is 2.99. The lowest BCUT2D eigenvalue weighted by molar-refractivity contribution is -0.137. The molecule has 0 aromatic heterocycles. The zero-order valence-electron chi connectivity index (χ0n) is 17.7. The van der Waals surface area contributed by atoms with E-state index in [1.54, 1.807) is 43.3 Å². The van der Waals surface area contributed by atoms with Crippen LogP contribution in [-0.2, 0) is 11.0 Å². The van der Waals surface area contributed by atoms with Crippen molar-refractivity contribution < 1.29 is 22.8 Å². The summed E-state index contributed by atoms with van der Waals surface area (Å²) in [6.45, 7) is 3.44. The summed E-state index contributed by atoms with van der Waals surface area (Å²) >= 11 is 6.85. The lowest BCUT2D eigenvalue weighted by atomic mass is 10.1. The number of amides is 2. The Morgan fingerprint density at radius 3 is 2.27 bits per heavy atom. The Morgan fingerprint density at radius 2 is 1.64 bits per heavy atom. The second-order valence-corrected chi connectivity index (χ2v) is 9.08. The number of benzene rings is 3. The smallest absolute Gasteiger partial charge is 0.325 e. The Morgan fingerprint density at radius 1 is 0.970 bits per heavy atom. The maximum atomic E-state index is 13.2. The molecule has 1 unspecified atom stereocenters. The molecule has 0 aliphatic rings. The number of thioether (sulfide) groups is 1. The van der Waals surface area contributed by atoms with Crippen LogP contribution >= 0.6 is 23.4 Å². The molecule has 0 fully saturated rings. The molecule has 9 heteroatoms. The first-order valence-corrected chi connectivity index (χ1v) is 11.1. The van der Waals surface area contributed by atoms with E-state index in [2.05, 4.69) is 10.6 Å². The molecule has 0 aliphatic heterocycles. The van der Waals surface area contributed by atoms with E-state index in [-0.39, 0.29) is 16.6 Å². The van der Waals surface area contributed by atoms with Crippen LogP contribution in [0.2, 0.25) is 5.02 Å². The Kier molecular flexibility index (Phi) is 7.71. The predicted octanol–water partition coefficient (Wildman–Crippen LogP) is 7.04. The molecule has 1 atom stereocenters. The van der Waals surface area contributed by atoms with Crippen LogP contribution in [0.1, 0.15) is 28.4 Å². The molecule has 3 rings (SSSR count). The third kappa shape index (κ3) is 6.52. The highest BCUT2D eigenvalue weighted by molar-refractivity contribution is 8.00. The van der Waals surface area contributed by atoms with Crippen LogP contribution in [0.4, 0.5) is 24.5 Å². The Labute approximate surface area is 198 Å². The maximum Gasteiger partial charge on any atom is 0.418 e. The summed E-state index contributed by atoms with van der Waals surface area (Å²) in [5.74, 6) is -0.811. The van der Waals surface area contributed by atoms with Crippen molar-refractivity contribution in [1.29, 1.82) is 0 Å². The Balaban J connectivity index is 1.63. The molecule has 0 radical (unpaired) electrons. The number of anilines is 2. The SMILES string of the molecule is Cc1ccccc1C(=O)Nc1ccc(SC(C)C(=O)Nc2ccc(Cl)cc2C(F)(F)F)cc1. The largest absolute Gasteiger partial charge is 0.418 e. The summed E-state index contributed by atoms with van der Waals surface area (Å²) in [5.41, 5.74) is 0.659. The van der Waals surface area contributed by atoms with E-state index in [0.29, 0.717) is 11.3 Å². The average Bonchev–Trinajstić information content (AvgIpc) is 2.75. The number of nitrogens with one attached hydrogen (secondary N) is 2. The van der Waals surface area contributed by atoms with E-state index in [9.17, 15) is 22.8 Å². The van der Waals surface area contributed by atoms with Crippen molar-refractivity contribution in [3.8, 4) is 0 Å². The number of halogens is 4. The van der Waals surface area contributed by atoms with Gasteiger partial charge >= 0.3 is 6.18 Å². The second-order valence-electron chi connectivity index (χ2n) is 7.23. The van der Waals surface area contributed by atoms with Gasteiger partial charge < -0.3 is 10.6 Å². The lowest BCUT2D eigenvalue weighted by Crippen LogP contribution is -2.24. The van der Waals surface area contributed by atoms with Crippen LogP contribution in [0.3, 0.4) is 0 Å². The fourth-order valence-corrected chi connectivity index (χ4v) is 4.03. The van der Waals surface area contributed by atoms with Gasteiger partial charge in [0.1, 0.15) is 0 Å². The molecular formula is C24H20ClF3N2O2S. The standard InChI is InChI=1S/C24H20ClF3N2O2S/c1-14-5-3-4-6-19(14)23(32)29-17-8-10-18(11-9-17)33-15(2)22(31)30-21-12-7-16(25)13-20(21)24(26,27)28/h3-13,15H,1-2H3,(H,29,32)(H,30,31). The molecule has 0 aliphatic carbocycles. The minimum Gasteiger partial charge on any atom is -0.325 e. The molecule has 172 valence electrons.